The van der Waals surface area contributed by atoms with Crippen LogP contribution in [0.25, 0.3) is 0 Å². The summed E-state index contributed by atoms with van der Waals surface area (Å²) in [6.07, 6.45) is 2.14. The largest absolute Gasteiger partial charge is 0.328 e. The van der Waals surface area contributed by atoms with E-state index in [0.717, 1.165) is 24.1 Å². The van der Waals surface area contributed by atoms with E-state index in [0.29, 0.717) is 12.0 Å². The third kappa shape index (κ3) is 1.43. The average Bonchev–Trinajstić information content (AvgIpc) is 2.47. The fourth-order valence-electron chi connectivity index (χ4n) is 3.18. The number of fused-ring (bicyclic) bond motifs is 1. The average molecular weight is 244 g/mol. The molecule has 2 N–H and O–H groups in total. The highest BCUT2D eigenvalue weighted by Gasteiger charge is 2.42. The van der Waals surface area contributed by atoms with Crippen molar-refractivity contribution in [1.29, 1.82) is 0 Å². The zero-order chi connectivity index (χ0) is 13.1. The van der Waals surface area contributed by atoms with Crippen molar-refractivity contribution in [1.82, 2.24) is 0 Å². The summed E-state index contributed by atoms with van der Waals surface area (Å²) in [4.78, 5) is 14.0. The van der Waals surface area contributed by atoms with Gasteiger partial charge in [-0.2, -0.15) is 0 Å². The number of carbonyl (C=O) groups excluding carboxylic acids is 1. The van der Waals surface area contributed by atoms with Gasteiger partial charge in [0.2, 0.25) is 5.91 Å². The maximum Gasteiger partial charge on any atom is 0.236 e. The van der Waals surface area contributed by atoms with Crippen LogP contribution in [0, 0.1) is 0 Å². The van der Waals surface area contributed by atoms with Crippen LogP contribution in [0.5, 0.6) is 0 Å². The van der Waals surface area contributed by atoms with E-state index in [2.05, 4.69) is 18.2 Å². The van der Waals surface area contributed by atoms with E-state index >= 15 is 0 Å². The number of benzene rings is 1. The zero-order valence-corrected chi connectivity index (χ0v) is 11.2. The fraction of sp³-hybridized carbons (Fsp3) is 0.533. The van der Waals surface area contributed by atoms with Gasteiger partial charge in [-0.25, -0.2) is 0 Å². The summed E-state index contributed by atoms with van der Waals surface area (Å²) in [5.41, 5.74) is 9.01. The van der Waals surface area contributed by atoms with E-state index in [-0.39, 0.29) is 5.91 Å². The van der Waals surface area contributed by atoms with Crippen LogP contribution in [-0.2, 0) is 10.2 Å². The molecule has 1 saturated carbocycles. The van der Waals surface area contributed by atoms with Crippen molar-refractivity contribution in [2.24, 2.45) is 5.73 Å². The third-order valence-corrected chi connectivity index (χ3v) is 4.54. The van der Waals surface area contributed by atoms with Crippen LogP contribution < -0.4 is 10.6 Å². The van der Waals surface area contributed by atoms with E-state index in [1.165, 1.54) is 5.56 Å². The van der Waals surface area contributed by atoms with Gasteiger partial charge in [0.25, 0.3) is 0 Å². The molecule has 0 atom stereocenters. The van der Waals surface area contributed by atoms with Crippen LogP contribution >= 0.6 is 0 Å². The first-order chi connectivity index (χ1) is 8.41. The highest BCUT2D eigenvalue weighted by atomic mass is 16.2. The molecule has 0 unspecified atom stereocenters. The van der Waals surface area contributed by atoms with Crippen LogP contribution in [0.4, 0.5) is 5.69 Å². The molecule has 96 valence electrons. The van der Waals surface area contributed by atoms with Crippen LogP contribution in [0.3, 0.4) is 0 Å². The molecule has 3 rings (SSSR count). The van der Waals surface area contributed by atoms with Crippen LogP contribution in [0.15, 0.2) is 18.2 Å². The fourth-order valence-corrected chi connectivity index (χ4v) is 3.18. The molecule has 1 heterocycles. The Morgan fingerprint density at radius 1 is 1.33 bits per heavy atom. The van der Waals surface area contributed by atoms with Gasteiger partial charge in [0.1, 0.15) is 0 Å². The minimum Gasteiger partial charge on any atom is -0.328 e. The second-order valence-corrected chi connectivity index (χ2v) is 6.19. The lowest BCUT2D eigenvalue weighted by Gasteiger charge is -2.33. The first-order valence-corrected chi connectivity index (χ1v) is 6.59. The standard InChI is InChI=1S/C15H20N2O/c1-15(2)12-8-9(10-6-11(16)7-10)4-5-13(12)17(3)14(15)18/h4-5,8,10-11H,6-7,16H2,1-3H3. The second-order valence-electron chi connectivity index (χ2n) is 6.19. The predicted octanol–water partition coefficient (Wildman–Crippen LogP) is 2.15. The summed E-state index contributed by atoms with van der Waals surface area (Å²) in [6, 6.07) is 6.82. The van der Waals surface area contributed by atoms with Crippen molar-refractivity contribution in [2.75, 3.05) is 11.9 Å². The molecular weight excluding hydrogens is 224 g/mol. The molecule has 0 aromatic heterocycles. The molecule has 18 heavy (non-hydrogen) atoms. The summed E-state index contributed by atoms with van der Waals surface area (Å²) in [5, 5.41) is 0. The molecule has 3 nitrogen and oxygen atoms in total. The Balaban J connectivity index is 2.01. The van der Waals surface area contributed by atoms with Gasteiger partial charge in [-0.1, -0.05) is 12.1 Å². The first kappa shape index (κ1) is 11.7. The van der Waals surface area contributed by atoms with Crippen molar-refractivity contribution < 1.29 is 4.79 Å². The number of nitrogens with zero attached hydrogens (tertiary/aromatic N) is 1. The number of rotatable bonds is 1. The van der Waals surface area contributed by atoms with Crippen LogP contribution in [0.1, 0.15) is 43.7 Å². The minimum atomic E-state index is -0.397. The topological polar surface area (TPSA) is 46.3 Å². The highest BCUT2D eigenvalue weighted by molar-refractivity contribution is 6.07. The quantitative estimate of drug-likeness (QED) is 0.822. The van der Waals surface area contributed by atoms with Gasteiger partial charge in [-0.05, 0) is 49.8 Å². The second kappa shape index (κ2) is 3.58. The van der Waals surface area contributed by atoms with Gasteiger partial charge in [0.15, 0.2) is 0 Å². The lowest BCUT2D eigenvalue weighted by Crippen LogP contribution is -2.35. The molecule has 2 aliphatic rings. The van der Waals surface area contributed by atoms with E-state index in [1.54, 1.807) is 4.90 Å². The Morgan fingerprint density at radius 2 is 2.00 bits per heavy atom. The van der Waals surface area contributed by atoms with Gasteiger partial charge in [-0.3, -0.25) is 4.79 Å². The van der Waals surface area contributed by atoms with E-state index in [1.807, 2.05) is 20.9 Å². The van der Waals surface area contributed by atoms with Crippen LogP contribution in [-0.4, -0.2) is 19.0 Å². The molecule has 0 saturated heterocycles. The highest BCUT2D eigenvalue weighted by Crippen LogP contribution is 2.44. The number of nitrogens with two attached hydrogens (primary N) is 1. The molecular formula is C15H20N2O. The first-order valence-electron chi connectivity index (χ1n) is 6.59. The maximum absolute atomic E-state index is 12.2. The summed E-state index contributed by atoms with van der Waals surface area (Å²) >= 11 is 0. The van der Waals surface area contributed by atoms with Crippen molar-refractivity contribution in [3.05, 3.63) is 29.3 Å². The van der Waals surface area contributed by atoms with Gasteiger partial charge in [-0.15, -0.1) is 0 Å². The number of hydrogen-bond donors (Lipinski definition) is 1. The van der Waals surface area contributed by atoms with Gasteiger partial charge >= 0.3 is 0 Å². The van der Waals surface area contributed by atoms with Gasteiger partial charge in [0.05, 0.1) is 5.41 Å². The Morgan fingerprint density at radius 3 is 2.61 bits per heavy atom. The number of anilines is 1. The molecule has 0 spiro atoms. The summed E-state index contributed by atoms with van der Waals surface area (Å²) in [5.74, 6) is 0.766. The Hall–Kier alpha value is -1.35. The zero-order valence-electron chi connectivity index (χ0n) is 11.2. The monoisotopic (exact) mass is 244 g/mol. The van der Waals surface area contributed by atoms with E-state index in [9.17, 15) is 4.79 Å². The lowest BCUT2D eigenvalue weighted by atomic mass is 9.75. The molecule has 0 radical (unpaired) electrons. The number of amides is 1. The lowest BCUT2D eigenvalue weighted by molar-refractivity contribution is -0.121. The Bertz CT molecular complexity index is 515. The van der Waals surface area contributed by atoms with Crippen molar-refractivity contribution in [3.63, 3.8) is 0 Å². The molecule has 0 bridgehead atoms. The van der Waals surface area contributed by atoms with Crippen molar-refractivity contribution in [3.8, 4) is 0 Å². The van der Waals surface area contributed by atoms with Crippen molar-refractivity contribution >= 4 is 11.6 Å². The van der Waals surface area contributed by atoms with Gasteiger partial charge < -0.3 is 10.6 Å². The summed E-state index contributed by atoms with van der Waals surface area (Å²) in [6.45, 7) is 4.02. The molecule has 1 amide bonds. The number of likely N-dealkylation sites (N-methyl/N-ethyl adjacent to an activating group) is 1. The van der Waals surface area contributed by atoms with E-state index in [4.69, 9.17) is 5.73 Å². The SMILES string of the molecule is CN1C(=O)C(C)(C)c2cc(C3CC(N)C3)ccc21. The molecule has 1 fully saturated rings. The molecule has 3 heteroatoms. The predicted molar refractivity (Wildman–Crippen MR) is 72.8 cm³/mol. The normalized spacial score (nSPS) is 29.1. The molecule has 1 aromatic rings. The maximum atomic E-state index is 12.2. The van der Waals surface area contributed by atoms with Crippen LogP contribution in [0.2, 0.25) is 0 Å². The number of carbonyl (C=O) groups is 1. The van der Waals surface area contributed by atoms with Gasteiger partial charge in [0, 0.05) is 18.8 Å². The molecule has 1 aliphatic carbocycles. The summed E-state index contributed by atoms with van der Waals surface area (Å²) in [7, 11) is 1.86. The molecule has 1 aromatic carbocycles. The smallest absolute Gasteiger partial charge is 0.236 e. The summed E-state index contributed by atoms with van der Waals surface area (Å²) < 4.78 is 0. The van der Waals surface area contributed by atoms with Crippen molar-refractivity contribution in [2.45, 2.75) is 44.1 Å². The Labute approximate surface area is 108 Å². The minimum absolute atomic E-state index is 0.181. The Kier molecular flexibility index (Phi) is 2.33. The third-order valence-electron chi connectivity index (χ3n) is 4.54. The molecule has 1 aliphatic heterocycles. The number of hydrogen-bond acceptors (Lipinski definition) is 2. The van der Waals surface area contributed by atoms with E-state index < -0.39 is 5.41 Å².